The zero-order valence-electron chi connectivity index (χ0n) is 16.4. The second-order valence-corrected chi connectivity index (χ2v) is 8.27. The molecule has 0 bridgehead atoms. The molecule has 0 unspecified atom stereocenters. The molecular formula is C22H29N3O3. The molecule has 1 aromatic rings. The summed E-state index contributed by atoms with van der Waals surface area (Å²) in [6.07, 6.45) is 7.54. The molecule has 1 N–H and O–H groups in total. The Labute approximate surface area is 166 Å². The van der Waals surface area contributed by atoms with E-state index < -0.39 is 0 Å². The van der Waals surface area contributed by atoms with Crippen molar-refractivity contribution in [1.82, 2.24) is 15.1 Å². The number of amides is 3. The number of carbonyl (C=O) groups is 3. The Kier molecular flexibility index (Phi) is 5.76. The maximum absolute atomic E-state index is 12.4. The van der Waals surface area contributed by atoms with Gasteiger partial charge in [0.2, 0.25) is 5.91 Å². The third kappa shape index (κ3) is 3.97. The molecule has 1 saturated carbocycles. The molecule has 4 rings (SSSR count). The monoisotopic (exact) mass is 383 g/mol. The average Bonchev–Trinajstić information content (AvgIpc) is 2.98. The van der Waals surface area contributed by atoms with Crippen LogP contribution in [0.4, 0.5) is 0 Å². The van der Waals surface area contributed by atoms with Crippen molar-refractivity contribution >= 4 is 17.7 Å². The number of imide groups is 1. The molecule has 3 aliphatic rings. The van der Waals surface area contributed by atoms with Gasteiger partial charge >= 0.3 is 0 Å². The Hall–Kier alpha value is -2.21. The summed E-state index contributed by atoms with van der Waals surface area (Å²) in [6, 6.07) is 7.27. The van der Waals surface area contributed by atoms with Gasteiger partial charge in [-0.15, -0.1) is 0 Å². The lowest BCUT2D eigenvalue weighted by Gasteiger charge is -2.34. The van der Waals surface area contributed by atoms with Crippen molar-refractivity contribution in [2.45, 2.75) is 51.0 Å². The summed E-state index contributed by atoms with van der Waals surface area (Å²) in [6.45, 7) is 2.89. The van der Waals surface area contributed by atoms with Crippen molar-refractivity contribution < 1.29 is 14.4 Å². The van der Waals surface area contributed by atoms with Gasteiger partial charge in [-0.2, -0.15) is 0 Å². The van der Waals surface area contributed by atoms with Gasteiger partial charge in [-0.25, -0.2) is 0 Å². The van der Waals surface area contributed by atoms with Crippen LogP contribution in [0.2, 0.25) is 0 Å². The lowest BCUT2D eigenvalue weighted by molar-refractivity contribution is -0.127. The van der Waals surface area contributed by atoms with E-state index in [1.165, 1.54) is 24.2 Å². The molecule has 28 heavy (non-hydrogen) atoms. The maximum atomic E-state index is 12.4. The number of piperidine rings is 1. The van der Waals surface area contributed by atoms with Gasteiger partial charge in [0.15, 0.2) is 0 Å². The largest absolute Gasteiger partial charge is 0.353 e. The molecule has 6 heteroatoms. The number of carbonyl (C=O) groups excluding carboxylic acids is 3. The fraction of sp³-hybridized carbons (Fsp3) is 0.591. The van der Waals surface area contributed by atoms with E-state index in [1.807, 2.05) is 0 Å². The summed E-state index contributed by atoms with van der Waals surface area (Å²) >= 11 is 0. The second-order valence-electron chi connectivity index (χ2n) is 8.27. The molecule has 0 spiro atoms. The normalized spacial score (nSPS) is 21.8. The van der Waals surface area contributed by atoms with E-state index in [4.69, 9.17) is 0 Å². The lowest BCUT2D eigenvalue weighted by Crippen LogP contribution is -2.48. The minimum atomic E-state index is -0.185. The van der Waals surface area contributed by atoms with E-state index in [0.29, 0.717) is 24.2 Å². The van der Waals surface area contributed by atoms with Gasteiger partial charge in [0.25, 0.3) is 11.8 Å². The molecule has 2 heterocycles. The van der Waals surface area contributed by atoms with E-state index in [0.717, 1.165) is 38.8 Å². The van der Waals surface area contributed by atoms with Crippen LogP contribution >= 0.6 is 0 Å². The molecule has 6 nitrogen and oxygen atoms in total. The van der Waals surface area contributed by atoms with Crippen LogP contribution in [0.5, 0.6) is 0 Å². The van der Waals surface area contributed by atoms with Gasteiger partial charge in [0, 0.05) is 38.1 Å². The number of nitrogens with one attached hydrogen (secondary N) is 1. The molecule has 0 atom stereocenters. The van der Waals surface area contributed by atoms with Gasteiger partial charge in [-0.1, -0.05) is 31.4 Å². The molecule has 0 radical (unpaired) electrons. The standard InChI is InChI=1S/C22H29N3O3/c26-20(16-6-2-1-3-7-16)23-17-10-12-24(13-11-17)14-15-25-21(27)18-8-4-5-9-19(18)22(25)28/h4-5,8-9,16-17H,1-3,6-7,10-15H2,(H,23,26). The van der Waals surface area contributed by atoms with Crippen LogP contribution in [0.15, 0.2) is 24.3 Å². The maximum Gasteiger partial charge on any atom is 0.261 e. The van der Waals surface area contributed by atoms with Gasteiger partial charge in [0.05, 0.1) is 11.1 Å². The smallest absolute Gasteiger partial charge is 0.261 e. The number of likely N-dealkylation sites (tertiary alicyclic amines) is 1. The molecule has 2 aliphatic heterocycles. The Morgan fingerprint density at radius 2 is 1.50 bits per heavy atom. The highest BCUT2D eigenvalue weighted by Gasteiger charge is 2.35. The van der Waals surface area contributed by atoms with Crippen LogP contribution in [-0.4, -0.2) is 59.7 Å². The van der Waals surface area contributed by atoms with Crippen LogP contribution in [0, 0.1) is 5.92 Å². The van der Waals surface area contributed by atoms with Gasteiger partial charge in [0.1, 0.15) is 0 Å². The predicted octanol–water partition coefficient (Wildman–Crippen LogP) is 2.44. The first-order chi connectivity index (χ1) is 13.6. The van der Waals surface area contributed by atoms with Gasteiger partial charge in [-0.3, -0.25) is 19.3 Å². The van der Waals surface area contributed by atoms with E-state index in [9.17, 15) is 14.4 Å². The van der Waals surface area contributed by atoms with E-state index in [-0.39, 0.29) is 29.7 Å². The predicted molar refractivity (Wildman–Crippen MR) is 106 cm³/mol. The van der Waals surface area contributed by atoms with Crippen molar-refractivity contribution in [1.29, 1.82) is 0 Å². The molecule has 1 saturated heterocycles. The van der Waals surface area contributed by atoms with Crippen molar-refractivity contribution in [2.24, 2.45) is 5.92 Å². The van der Waals surface area contributed by atoms with E-state index in [2.05, 4.69) is 10.2 Å². The Balaban J connectivity index is 1.22. The Bertz CT molecular complexity index is 714. The highest BCUT2D eigenvalue weighted by atomic mass is 16.2. The summed E-state index contributed by atoms with van der Waals surface area (Å²) < 4.78 is 0. The summed E-state index contributed by atoms with van der Waals surface area (Å²) in [5.74, 6) is 0.0789. The first kappa shape index (κ1) is 19.1. The van der Waals surface area contributed by atoms with Crippen LogP contribution < -0.4 is 5.32 Å². The molecule has 150 valence electrons. The van der Waals surface area contributed by atoms with Crippen molar-refractivity contribution in [2.75, 3.05) is 26.2 Å². The Morgan fingerprint density at radius 1 is 0.893 bits per heavy atom. The van der Waals surface area contributed by atoms with Gasteiger partial charge in [-0.05, 0) is 37.8 Å². The third-order valence-corrected chi connectivity index (χ3v) is 6.43. The molecule has 0 aromatic heterocycles. The number of nitrogens with zero attached hydrogens (tertiary/aromatic N) is 2. The highest BCUT2D eigenvalue weighted by Crippen LogP contribution is 2.25. The quantitative estimate of drug-likeness (QED) is 0.793. The highest BCUT2D eigenvalue weighted by molar-refractivity contribution is 6.21. The topological polar surface area (TPSA) is 69.7 Å². The number of hydrogen-bond donors (Lipinski definition) is 1. The average molecular weight is 383 g/mol. The molecular weight excluding hydrogens is 354 g/mol. The number of rotatable bonds is 5. The van der Waals surface area contributed by atoms with Crippen molar-refractivity contribution in [3.8, 4) is 0 Å². The first-order valence-corrected chi connectivity index (χ1v) is 10.6. The molecule has 3 amide bonds. The summed E-state index contributed by atoms with van der Waals surface area (Å²) in [5, 5.41) is 3.25. The van der Waals surface area contributed by atoms with Crippen LogP contribution in [0.3, 0.4) is 0 Å². The fourth-order valence-electron chi connectivity index (χ4n) is 4.67. The number of benzene rings is 1. The van der Waals surface area contributed by atoms with Crippen molar-refractivity contribution in [3.63, 3.8) is 0 Å². The Morgan fingerprint density at radius 3 is 2.11 bits per heavy atom. The zero-order chi connectivity index (χ0) is 19.5. The second kappa shape index (κ2) is 8.43. The van der Waals surface area contributed by atoms with Crippen molar-refractivity contribution in [3.05, 3.63) is 35.4 Å². The van der Waals surface area contributed by atoms with Crippen LogP contribution in [-0.2, 0) is 4.79 Å². The summed E-state index contributed by atoms with van der Waals surface area (Å²) in [5.41, 5.74) is 1.02. The number of fused-ring (bicyclic) bond motifs is 1. The van der Waals surface area contributed by atoms with Crippen LogP contribution in [0.25, 0.3) is 0 Å². The zero-order valence-corrected chi connectivity index (χ0v) is 16.4. The van der Waals surface area contributed by atoms with Crippen LogP contribution in [0.1, 0.15) is 65.7 Å². The first-order valence-electron chi connectivity index (χ1n) is 10.6. The minimum Gasteiger partial charge on any atom is -0.353 e. The molecule has 2 fully saturated rings. The summed E-state index contributed by atoms with van der Waals surface area (Å²) in [4.78, 5) is 41.0. The van der Waals surface area contributed by atoms with E-state index in [1.54, 1.807) is 24.3 Å². The third-order valence-electron chi connectivity index (χ3n) is 6.43. The molecule has 1 aromatic carbocycles. The lowest BCUT2D eigenvalue weighted by atomic mass is 9.88. The fourth-order valence-corrected chi connectivity index (χ4v) is 4.67. The number of hydrogen-bond acceptors (Lipinski definition) is 4. The van der Waals surface area contributed by atoms with Gasteiger partial charge < -0.3 is 10.2 Å². The molecule has 1 aliphatic carbocycles. The van der Waals surface area contributed by atoms with E-state index >= 15 is 0 Å². The SMILES string of the molecule is O=C(NC1CCN(CCN2C(=O)c3ccccc3C2=O)CC1)C1CCCCC1. The summed E-state index contributed by atoms with van der Waals surface area (Å²) in [7, 11) is 0. The minimum absolute atomic E-state index is 0.185.